The first-order chi connectivity index (χ1) is 7.30. The minimum Gasteiger partial charge on any atom is -0.481 e. The standard InChI is InChI=1S/C10H8ClF3O2/c11-7-3-1-6(2-4-7)5-8(9(15)16)10(12,13)14/h1-4,8H,5H2,(H,15,16). The first-order valence-corrected chi connectivity index (χ1v) is 4.72. The summed E-state index contributed by atoms with van der Waals surface area (Å²) in [5.74, 6) is -4.25. The van der Waals surface area contributed by atoms with Gasteiger partial charge in [-0.1, -0.05) is 23.7 Å². The van der Waals surface area contributed by atoms with Crippen LogP contribution in [0.5, 0.6) is 0 Å². The molecule has 0 saturated carbocycles. The zero-order chi connectivity index (χ0) is 12.3. The van der Waals surface area contributed by atoms with E-state index in [-0.39, 0.29) is 5.56 Å². The van der Waals surface area contributed by atoms with Crippen molar-refractivity contribution in [2.75, 3.05) is 0 Å². The summed E-state index contributed by atoms with van der Waals surface area (Å²) in [7, 11) is 0. The Hall–Kier alpha value is -1.23. The Morgan fingerprint density at radius 1 is 1.31 bits per heavy atom. The molecule has 0 fully saturated rings. The van der Waals surface area contributed by atoms with Gasteiger partial charge in [-0.25, -0.2) is 0 Å². The van der Waals surface area contributed by atoms with Crippen LogP contribution in [0.25, 0.3) is 0 Å². The fourth-order valence-corrected chi connectivity index (χ4v) is 1.33. The van der Waals surface area contributed by atoms with Crippen LogP contribution < -0.4 is 0 Å². The Morgan fingerprint density at radius 3 is 2.19 bits per heavy atom. The molecule has 0 amide bonds. The molecule has 0 aliphatic carbocycles. The maximum atomic E-state index is 12.3. The van der Waals surface area contributed by atoms with Gasteiger partial charge in [0.2, 0.25) is 0 Å². The van der Waals surface area contributed by atoms with Crippen molar-refractivity contribution < 1.29 is 23.1 Å². The van der Waals surface area contributed by atoms with E-state index in [9.17, 15) is 18.0 Å². The largest absolute Gasteiger partial charge is 0.481 e. The number of hydrogen-bond donors (Lipinski definition) is 1. The Labute approximate surface area is 94.6 Å². The van der Waals surface area contributed by atoms with Crippen molar-refractivity contribution in [2.45, 2.75) is 12.6 Å². The molecule has 1 rings (SSSR count). The summed E-state index contributed by atoms with van der Waals surface area (Å²) in [6.45, 7) is 0. The van der Waals surface area contributed by atoms with Crippen LogP contribution in [0.1, 0.15) is 5.56 Å². The second kappa shape index (κ2) is 4.74. The normalized spacial score (nSPS) is 13.5. The molecule has 0 aromatic heterocycles. The second-order valence-corrected chi connectivity index (χ2v) is 3.70. The molecule has 0 bridgehead atoms. The predicted molar refractivity (Wildman–Crippen MR) is 52.3 cm³/mol. The van der Waals surface area contributed by atoms with Gasteiger partial charge < -0.3 is 5.11 Å². The van der Waals surface area contributed by atoms with Crippen molar-refractivity contribution in [1.29, 1.82) is 0 Å². The highest BCUT2D eigenvalue weighted by Crippen LogP contribution is 2.29. The summed E-state index contributed by atoms with van der Waals surface area (Å²) in [5, 5.41) is 8.87. The van der Waals surface area contributed by atoms with Gasteiger partial charge in [0.25, 0.3) is 0 Å². The van der Waals surface area contributed by atoms with E-state index in [1.54, 1.807) is 0 Å². The molecule has 88 valence electrons. The summed E-state index contributed by atoms with van der Waals surface area (Å²) in [5.41, 5.74) is 0.286. The number of carbonyl (C=O) groups is 1. The van der Waals surface area contributed by atoms with Crippen LogP contribution in [0.15, 0.2) is 24.3 Å². The maximum Gasteiger partial charge on any atom is 0.402 e. The molecular formula is C10H8ClF3O2. The molecule has 16 heavy (non-hydrogen) atoms. The van der Waals surface area contributed by atoms with Gasteiger partial charge >= 0.3 is 12.1 Å². The number of benzene rings is 1. The van der Waals surface area contributed by atoms with Gasteiger partial charge in [-0.15, -0.1) is 0 Å². The molecule has 0 aliphatic rings. The zero-order valence-electron chi connectivity index (χ0n) is 7.96. The first kappa shape index (κ1) is 12.8. The number of rotatable bonds is 3. The third-order valence-electron chi connectivity index (χ3n) is 2.05. The first-order valence-electron chi connectivity index (χ1n) is 4.34. The van der Waals surface area contributed by atoms with Crippen LogP contribution in [-0.4, -0.2) is 17.3 Å². The molecule has 1 unspecified atom stereocenters. The number of alkyl halides is 3. The van der Waals surface area contributed by atoms with Gasteiger partial charge in [-0.3, -0.25) is 4.79 Å². The summed E-state index contributed by atoms with van der Waals surface area (Å²) >= 11 is 5.56. The fourth-order valence-electron chi connectivity index (χ4n) is 1.20. The van der Waals surface area contributed by atoms with Gasteiger partial charge in [0.05, 0.1) is 0 Å². The average molecular weight is 253 g/mol. The summed E-state index contributed by atoms with van der Waals surface area (Å²) in [4.78, 5) is 10.5. The molecule has 1 N–H and O–H groups in total. The van der Waals surface area contributed by atoms with E-state index in [0.29, 0.717) is 5.02 Å². The highest BCUT2D eigenvalue weighted by Gasteiger charge is 2.44. The van der Waals surface area contributed by atoms with Gasteiger partial charge in [0, 0.05) is 5.02 Å². The number of hydrogen-bond acceptors (Lipinski definition) is 1. The molecule has 0 aliphatic heterocycles. The lowest BCUT2D eigenvalue weighted by molar-refractivity contribution is -0.193. The molecule has 6 heteroatoms. The monoisotopic (exact) mass is 252 g/mol. The molecule has 2 nitrogen and oxygen atoms in total. The number of aliphatic carboxylic acids is 1. The second-order valence-electron chi connectivity index (χ2n) is 3.26. The van der Waals surface area contributed by atoms with Crippen LogP contribution in [-0.2, 0) is 11.2 Å². The fraction of sp³-hybridized carbons (Fsp3) is 0.300. The van der Waals surface area contributed by atoms with E-state index in [4.69, 9.17) is 16.7 Å². The van der Waals surface area contributed by atoms with E-state index in [1.165, 1.54) is 24.3 Å². The predicted octanol–water partition coefficient (Wildman–Crippen LogP) is 3.15. The van der Waals surface area contributed by atoms with Gasteiger partial charge in [0.1, 0.15) is 0 Å². The van der Waals surface area contributed by atoms with Crippen molar-refractivity contribution >= 4 is 17.6 Å². The highest BCUT2D eigenvalue weighted by molar-refractivity contribution is 6.30. The number of carboxylic acids is 1. The minimum absolute atomic E-state index is 0.286. The lowest BCUT2D eigenvalue weighted by atomic mass is 9.99. The Balaban J connectivity index is 2.84. The van der Waals surface area contributed by atoms with Gasteiger partial charge in [-0.05, 0) is 24.1 Å². The summed E-state index contributed by atoms with van der Waals surface area (Å²) < 4.78 is 37.0. The van der Waals surface area contributed by atoms with Crippen LogP contribution in [0.2, 0.25) is 5.02 Å². The molecule has 1 aromatic rings. The smallest absolute Gasteiger partial charge is 0.402 e. The van der Waals surface area contributed by atoms with Crippen molar-refractivity contribution in [3.63, 3.8) is 0 Å². The van der Waals surface area contributed by atoms with Gasteiger partial charge in [-0.2, -0.15) is 13.2 Å². The molecule has 1 atom stereocenters. The average Bonchev–Trinajstić information content (AvgIpc) is 2.14. The Morgan fingerprint density at radius 2 is 1.81 bits per heavy atom. The van der Waals surface area contributed by atoms with Crippen molar-refractivity contribution in [3.05, 3.63) is 34.9 Å². The highest BCUT2D eigenvalue weighted by atomic mass is 35.5. The number of carboxylic acid groups (broad SMARTS) is 1. The minimum atomic E-state index is -4.74. The molecule has 0 spiro atoms. The van der Waals surface area contributed by atoms with Crippen LogP contribution in [0.4, 0.5) is 13.2 Å². The zero-order valence-corrected chi connectivity index (χ0v) is 8.72. The molecular weight excluding hydrogens is 245 g/mol. The lowest BCUT2D eigenvalue weighted by Gasteiger charge is -2.15. The van der Waals surface area contributed by atoms with Crippen molar-refractivity contribution in [3.8, 4) is 0 Å². The van der Waals surface area contributed by atoms with Crippen LogP contribution in [0, 0.1) is 5.92 Å². The molecule has 0 heterocycles. The Bertz CT molecular complexity index is 373. The molecule has 0 saturated heterocycles. The number of halogens is 4. The third kappa shape index (κ3) is 3.41. The maximum absolute atomic E-state index is 12.3. The van der Waals surface area contributed by atoms with Crippen molar-refractivity contribution in [2.24, 2.45) is 5.92 Å². The lowest BCUT2D eigenvalue weighted by Crippen LogP contribution is -2.32. The van der Waals surface area contributed by atoms with Crippen LogP contribution >= 0.6 is 11.6 Å². The quantitative estimate of drug-likeness (QED) is 0.897. The molecule has 0 radical (unpaired) electrons. The topological polar surface area (TPSA) is 37.3 Å². The summed E-state index contributed by atoms with van der Waals surface area (Å²) in [6, 6.07) is 5.60. The van der Waals surface area contributed by atoms with Crippen LogP contribution in [0.3, 0.4) is 0 Å². The van der Waals surface area contributed by atoms with E-state index in [2.05, 4.69) is 0 Å². The SMILES string of the molecule is O=C(O)C(Cc1ccc(Cl)cc1)C(F)(F)F. The van der Waals surface area contributed by atoms with Crippen molar-refractivity contribution in [1.82, 2.24) is 0 Å². The van der Waals surface area contributed by atoms with E-state index >= 15 is 0 Å². The molecule has 1 aromatic carbocycles. The third-order valence-corrected chi connectivity index (χ3v) is 2.30. The van der Waals surface area contributed by atoms with E-state index in [1.807, 2.05) is 0 Å². The van der Waals surface area contributed by atoms with Gasteiger partial charge in [0.15, 0.2) is 5.92 Å². The van der Waals surface area contributed by atoms with E-state index < -0.39 is 24.5 Å². The Kier molecular flexibility index (Phi) is 3.80. The van der Waals surface area contributed by atoms with E-state index in [0.717, 1.165) is 0 Å². The summed E-state index contributed by atoms with van der Waals surface area (Å²) in [6.07, 6.45) is -5.33.